The number of nitrogens with one attached hydrogen (secondary N) is 1. The Bertz CT molecular complexity index is 1130. The highest BCUT2D eigenvalue weighted by atomic mass is 32.2. The largest absolute Gasteiger partial charge is 0.495 e. The topological polar surface area (TPSA) is 96.0 Å². The van der Waals surface area contributed by atoms with Gasteiger partial charge >= 0.3 is 0 Å². The summed E-state index contributed by atoms with van der Waals surface area (Å²) >= 11 is 0. The minimum Gasteiger partial charge on any atom is -0.495 e. The average Bonchev–Trinajstić information content (AvgIpc) is 2.82. The second-order valence-electron chi connectivity index (χ2n) is 9.44. The predicted molar refractivity (Wildman–Crippen MR) is 143 cm³/mol. The third-order valence-electron chi connectivity index (χ3n) is 5.79. The molecule has 0 fully saturated rings. The Kier molecular flexibility index (Phi) is 10.8. The molecule has 9 heteroatoms. The number of anilines is 1. The van der Waals surface area contributed by atoms with E-state index >= 15 is 0 Å². The minimum atomic E-state index is -3.60. The number of rotatable bonds is 13. The Balaban J connectivity index is 2.19. The molecule has 0 heterocycles. The van der Waals surface area contributed by atoms with Crippen LogP contribution in [0.1, 0.15) is 44.7 Å². The van der Waals surface area contributed by atoms with Crippen LogP contribution in [0.25, 0.3) is 0 Å². The van der Waals surface area contributed by atoms with Crippen LogP contribution in [0.2, 0.25) is 0 Å². The van der Waals surface area contributed by atoms with Gasteiger partial charge in [0.2, 0.25) is 21.8 Å². The summed E-state index contributed by atoms with van der Waals surface area (Å²) in [6.45, 7) is 8.65. The van der Waals surface area contributed by atoms with Crippen LogP contribution >= 0.6 is 0 Å². The summed E-state index contributed by atoms with van der Waals surface area (Å²) in [5, 5.41) is 2.91. The number of hydrogen-bond donors (Lipinski definition) is 1. The van der Waals surface area contributed by atoms with E-state index in [-0.39, 0.29) is 31.2 Å². The van der Waals surface area contributed by atoms with Gasteiger partial charge in [0.15, 0.2) is 0 Å². The fraction of sp³-hybridized carbons (Fsp3) is 0.481. The molecule has 0 bridgehead atoms. The van der Waals surface area contributed by atoms with Gasteiger partial charge in [-0.1, -0.05) is 55.8 Å². The number of amides is 2. The second kappa shape index (κ2) is 13.3. The Hall–Kier alpha value is -3.07. The van der Waals surface area contributed by atoms with Crippen LogP contribution in [-0.2, 0) is 26.2 Å². The lowest BCUT2D eigenvalue weighted by Crippen LogP contribution is -2.48. The summed E-state index contributed by atoms with van der Waals surface area (Å²) in [4.78, 5) is 27.7. The number of aryl methyl sites for hydroxylation is 1. The molecule has 0 saturated heterocycles. The molecule has 2 rings (SSSR count). The zero-order chi connectivity index (χ0) is 26.9. The smallest absolute Gasteiger partial charge is 0.242 e. The van der Waals surface area contributed by atoms with Crippen molar-refractivity contribution in [2.24, 2.45) is 5.92 Å². The van der Waals surface area contributed by atoms with Gasteiger partial charge in [0.25, 0.3) is 0 Å². The highest BCUT2D eigenvalue weighted by Gasteiger charge is 2.27. The first-order valence-electron chi connectivity index (χ1n) is 12.2. The van der Waals surface area contributed by atoms with Gasteiger partial charge in [0, 0.05) is 26.1 Å². The second-order valence-corrected chi connectivity index (χ2v) is 11.3. The van der Waals surface area contributed by atoms with Crippen molar-refractivity contribution in [2.45, 2.75) is 53.1 Å². The van der Waals surface area contributed by atoms with Gasteiger partial charge in [-0.15, -0.1) is 0 Å². The molecule has 0 saturated carbocycles. The number of ether oxygens (including phenoxy) is 1. The molecular formula is C27H39N3O5S. The first-order valence-corrected chi connectivity index (χ1v) is 14.0. The monoisotopic (exact) mass is 517 g/mol. The fourth-order valence-corrected chi connectivity index (χ4v) is 4.83. The molecule has 198 valence electrons. The van der Waals surface area contributed by atoms with E-state index in [4.69, 9.17) is 4.74 Å². The van der Waals surface area contributed by atoms with Crippen molar-refractivity contribution < 1.29 is 22.7 Å². The van der Waals surface area contributed by atoms with Gasteiger partial charge in [0.05, 0.1) is 19.1 Å². The lowest BCUT2D eigenvalue weighted by Gasteiger charge is -2.30. The number of carbonyl (C=O) groups excluding carboxylic acids is 2. The van der Waals surface area contributed by atoms with Gasteiger partial charge in [-0.25, -0.2) is 8.42 Å². The molecule has 0 radical (unpaired) electrons. The zero-order valence-electron chi connectivity index (χ0n) is 22.2. The van der Waals surface area contributed by atoms with Crippen LogP contribution in [0.3, 0.4) is 0 Å². The maximum absolute atomic E-state index is 13.4. The predicted octanol–water partition coefficient (Wildman–Crippen LogP) is 3.74. The van der Waals surface area contributed by atoms with Gasteiger partial charge < -0.3 is 15.0 Å². The van der Waals surface area contributed by atoms with E-state index in [0.29, 0.717) is 30.4 Å². The summed E-state index contributed by atoms with van der Waals surface area (Å²) in [6, 6.07) is 14.0. The van der Waals surface area contributed by atoms with E-state index < -0.39 is 16.1 Å². The van der Waals surface area contributed by atoms with Crippen molar-refractivity contribution in [3.63, 3.8) is 0 Å². The van der Waals surface area contributed by atoms with Crippen LogP contribution in [0.15, 0.2) is 48.5 Å². The summed E-state index contributed by atoms with van der Waals surface area (Å²) < 4.78 is 31.6. The molecular weight excluding hydrogens is 478 g/mol. The first kappa shape index (κ1) is 29.2. The number of hydrogen-bond acceptors (Lipinski definition) is 5. The Morgan fingerprint density at radius 3 is 2.36 bits per heavy atom. The van der Waals surface area contributed by atoms with E-state index in [2.05, 4.69) is 5.32 Å². The number of carbonyl (C=O) groups is 2. The normalized spacial score (nSPS) is 12.2. The van der Waals surface area contributed by atoms with Crippen molar-refractivity contribution in [1.29, 1.82) is 0 Å². The van der Waals surface area contributed by atoms with Crippen molar-refractivity contribution >= 4 is 27.5 Å². The lowest BCUT2D eigenvalue weighted by atomic mass is 10.1. The molecule has 0 aliphatic rings. The highest BCUT2D eigenvalue weighted by Crippen LogP contribution is 2.29. The van der Waals surface area contributed by atoms with Crippen LogP contribution < -0.4 is 14.4 Å². The lowest BCUT2D eigenvalue weighted by molar-refractivity contribution is -0.140. The molecule has 2 amide bonds. The first-order chi connectivity index (χ1) is 16.9. The zero-order valence-corrected chi connectivity index (χ0v) is 23.0. The molecule has 1 atom stereocenters. The van der Waals surface area contributed by atoms with E-state index in [9.17, 15) is 18.0 Å². The standard InChI is InChI=1S/C27H39N3O5S/c1-20(2)18-28-27(32)22(4)29(19-23-12-9-11-21(3)17-23)26(31)15-10-16-30(36(6,33)34)24-13-7-8-14-25(24)35-5/h7-9,11-14,17,20,22H,10,15-16,18-19H2,1-6H3,(H,28,32). The summed E-state index contributed by atoms with van der Waals surface area (Å²) in [5.74, 6) is 0.304. The van der Waals surface area contributed by atoms with Gasteiger partial charge in [-0.2, -0.15) is 0 Å². The molecule has 2 aromatic carbocycles. The molecule has 0 aromatic heterocycles. The van der Waals surface area contributed by atoms with Crippen LogP contribution in [0.4, 0.5) is 5.69 Å². The number of para-hydroxylation sites is 2. The highest BCUT2D eigenvalue weighted by molar-refractivity contribution is 7.92. The molecule has 8 nitrogen and oxygen atoms in total. The summed E-state index contributed by atoms with van der Waals surface area (Å²) in [7, 11) is -2.12. The number of benzene rings is 2. The summed E-state index contributed by atoms with van der Waals surface area (Å²) in [5.41, 5.74) is 2.42. The van der Waals surface area contributed by atoms with Gasteiger partial charge in [-0.3, -0.25) is 13.9 Å². The van der Waals surface area contributed by atoms with Crippen molar-refractivity contribution in [3.8, 4) is 5.75 Å². The molecule has 0 aliphatic carbocycles. The molecule has 1 N–H and O–H groups in total. The third-order valence-corrected chi connectivity index (χ3v) is 6.97. The Morgan fingerprint density at radius 1 is 1.06 bits per heavy atom. The average molecular weight is 518 g/mol. The molecule has 0 aliphatic heterocycles. The van der Waals surface area contributed by atoms with E-state index in [0.717, 1.165) is 17.4 Å². The van der Waals surface area contributed by atoms with Crippen molar-refractivity contribution in [2.75, 3.05) is 30.8 Å². The van der Waals surface area contributed by atoms with Crippen LogP contribution in [-0.4, -0.2) is 57.6 Å². The van der Waals surface area contributed by atoms with Crippen LogP contribution in [0.5, 0.6) is 5.75 Å². The maximum atomic E-state index is 13.4. The maximum Gasteiger partial charge on any atom is 0.242 e. The number of methoxy groups -OCH3 is 1. The van der Waals surface area contributed by atoms with E-state index in [1.165, 1.54) is 11.4 Å². The molecule has 2 aromatic rings. The molecule has 1 unspecified atom stereocenters. The molecule has 0 spiro atoms. The Labute approximate surface area is 215 Å². The van der Waals surface area contributed by atoms with Crippen molar-refractivity contribution in [3.05, 3.63) is 59.7 Å². The minimum absolute atomic E-state index is 0.0920. The quantitative estimate of drug-likeness (QED) is 0.437. The van der Waals surface area contributed by atoms with E-state index in [1.807, 2.05) is 45.0 Å². The number of sulfonamides is 1. The van der Waals surface area contributed by atoms with Crippen LogP contribution in [0, 0.1) is 12.8 Å². The third kappa shape index (κ3) is 8.55. The van der Waals surface area contributed by atoms with Gasteiger partial charge in [-0.05, 0) is 43.9 Å². The van der Waals surface area contributed by atoms with Gasteiger partial charge in [0.1, 0.15) is 11.8 Å². The van der Waals surface area contributed by atoms with Crippen molar-refractivity contribution in [1.82, 2.24) is 10.2 Å². The molecule has 36 heavy (non-hydrogen) atoms. The SMILES string of the molecule is COc1ccccc1N(CCCC(=O)N(Cc1cccc(C)c1)C(C)C(=O)NCC(C)C)S(C)(=O)=O. The summed E-state index contributed by atoms with van der Waals surface area (Å²) in [6.07, 6.45) is 1.51. The fourth-order valence-electron chi connectivity index (χ4n) is 3.86. The van der Waals surface area contributed by atoms with E-state index in [1.54, 1.807) is 36.1 Å². The Morgan fingerprint density at radius 2 is 1.75 bits per heavy atom. The number of nitrogens with zero attached hydrogens (tertiary/aromatic N) is 2.